The van der Waals surface area contributed by atoms with Gasteiger partial charge in [-0.3, -0.25) is 9.69 Å². The lowest BCUT2D eigenvalue weighted by Crippen LogP contribution is -2.37. The van der Waals surface area contributed by atoms with E-state index in [1.54, 1.807) is 18.3 Å². The number of hydrogen-bond acceptors (Lipinski definition) is 6. The first kappa shape index (κ1) is 21.7. The SMILES string of the molecule is NC(=O)C(CC=CCOc1cc(CN2CCCCC2)ccn1)[S+]([O-])CCO. The number of nitrogens with two attached hydrogens (primary N) is 1. The van der Waals surface area contributed by atoms with Crippen molar-refractivity contribution in [3.05, 3.63) is 36.0 Å². The van der Waals surface area contributed by atoms with Crippen LogP contribution < -0.4 is 10.5 Å². The minimum Gasteiger partial charge on any atom is -0.616 e. The minimum atomic E-state index is -1.47. The molecule has 2 rings (SSSR count). The average Bonchev–Trinajstić information content (AvgIpc) is 2.65. The van der Waals surface area contributed by atoms with E-state index in [2.05, 4.69) is 9.88 Å². The number of amides is 1. The topological polar surface area (TPSA) is 112 Å². The lowest BCUT2D eigenvalue weighted by Gasteiger charge is -2.26. The van der Waals surface area contributed by atoms with Gasteiger partial charge in [0.05, 0.1) is 6.61 Å². The number of piperidine rings is 1. The lowest BCUT2D eigenvalue weighted by molar-refractivity contribution is -0.117. The van der Waals surface area contributed by atoms with Crippen molar-refractivity contribution in [2.24, 2.45) is 5.73 Å². The molecule has 1 aromatic rings. The molecule has 2 heterocycles. The van der Waals surface area contributed by atoms with Crippen molar-refractivity contribution < 1.29 is 19.2 Å². The normalized spacial score (nSPS) is 17.7. The van der Waals surface area contributed by atoms with Gasteiger partial charge in [0.15, 0.2) is 5.25 Å². The van der Waals surface area contributed by atoms with Crippen LogP contribution in [0, 0.1) is 0 Å². The standard InChI is InChI=1S/C19H29N3O4S/c20-19(24)17(27(25)13-11-23)6-2-5-12-26-18-14-16(7-8-21-18)15-22-9-3-1-4-10-22/h2,5,7-8,14,17,23H,1,3-4,6,9-13,15H2,(H2,20,24). The monoisotopic (exact) mass is 395 g/mol. The number of carbonyl (C=O) groups excluding carboxylic acids is 1. The van der Waals surface area contributed by atoms with Crippen molar-refractivity contribution in [1.82, 2.24) is 9.88 Å². The van der Waals surface area contributed by atoms with Crippen LogP contribution in [0.15, 0.2) is 30.5 Å². The Labute approximate surface area is 163 Å². The summed E-state index contributed by atoms with van der Waals surface area (Å²) in [6.45, 7) is 3.26. The molecule has 27 heavy (non-hydrogen) atoms. The third-order valence-electron chi connectivity index (χ3n) is 4.43. The van der Waals surface area contributed by atoms with Gasteiger partial charge in [0.1, 0.15) is 12.4 Å². The molecule has 1 aliphatic rings. The molecule has 150 valence electrons. The first-order chi connectivity index (χ1) is 13.1. The molecule has 1 saturated heterocycles. The van der Waals surface area contributed by atoms with E-state index < -0.39 is 22.3 Å². The van der Waals surface area contributed by atoms with E-state index >= 15 is 0 Å². The fourth-order valence-corrected chi connectivity index (χ4v) is 4.06. The molecule has 1 fully saturated rings. The van der Waals surface area contributed by atoms with Gasteiger partial charge in [0.2, 0.25) is 5.88 Å². The third-order valence-corrected chi connectivity index (χ3v) is 6.07. The molecule has 1 aliphatic heterocycles. The molecule has 1 amide bonds. The molecule has 0 aromatic carbocycles. The molecule has 0 aliphatic carbocycles. The molecule has 7 nitrogen and oxygen atoms in total. The van der Waals surface area contributed by atoms with E-state index in [0.717, 1.165) is 19.6 Å². The second-order valence-corrected chi connectivity index (χ2v) is 8.30. The molecule has 0 spiro atoms. The summed E-state index contributed by atoms with van der Waals surface area (Å²) >= 11 is -1.47. The number of aliphatic hydroxyl groups excluding tert-OH is 1. The van der Waals surface area contributed by atoms with Crippen LogP contribution in [0.25, 0.3) is 0 Å². The molecular formula is C19H29N3O4S. The van der Waals surface area contributed by atoms with Crippen LogP contribution in [0.1, 0.15) is 31.2 Å². The van der Waals surface area contributed by atoms with Gasteiger partial charge in [-0.1, -0.05) is 18.6 Å². The second-order valence-electron chi connectivity index (χ2n) is 6.56. The molecule has 3 N–H and O–H groups in total. The van der Waals surface area contributed by atoms with Gasteiger partial charge < -0.3 is 20.1 Å². The Balaban J connectivity index is 1.77. The molecule has 1 aromatic heterocycles. The van der Waals surface area contributed by atoms with E-state index in [4.69, 9.17) is 15.6 Å². The van der Waals surface area contributed by atoms with Crippen LogP contribution in [0.3, 0.4) is 0 Å². The summed E-state index contributed by atoms with van der Waals surface area (Å²) in [6, 6.07) is 3.95. The Morgan fingerprint density at radius 3 is 2.89 bits per heavy atom. The van der Waals surface area contributed by atoms with Gasteiger partial charge in [-0.2, -0.15) is 0 Å². The highest BCUT2D eigenvalue weighted by atomic mass is 32.2. The number of likely N-dealkylation sites (tertiary alicyclic amines) is 1. The second kappa shape index (κ2) is 12.0. The van der Waals surface area contributed by atoms with Gasteiger partial charge in [0, 0.05) is 25.2 Å². The van der Waals surface area contributed by atoms with Crippen molar-refractivity contribution in [2.75, 3.05) is 32.1 Å². The molecule has 0 radical (unpaired) electrons. The summed E-state index contributed by atoms with van der Waals surface area (Å²) in [5.74, 6) is -0.0185. The van der Waals surface area contributed by atoms with Crippen molar-refractivity contribution in [3.8, 4) is 5.88 Å². The highest BCUT2D eigenvalue weighted by Gasteiger charge is 2.26. The fourth-order valence-electron chi connectivity index (χ4n) is 3.01. The first-order valence-electron chi connectivity index (χ1n) is 9.32. The number of rotatable bonds is 11. The van der Waals surface area contributed by atoms with E-state index in [-0.39, 0.29) is 18.8 Å². The van der Waals surface area contributed by atoms with Crippen molar-refractivity contribution in [1.29, 1.82) is 0 Å². The fraction of sp³-hybridized carbons (Fsp3) is 0.579. The summed E-state index contributed by atoms with van der Waals surface area (Å²) in [7, 11) is 0. The number of carbonyl (C=O) groups is 1. The van der Waals surface area contributed by atoms with Crippen molar-refractivity contribution >= 4 is 17.1 Å². The molecule has 2 atom stereocenters. The molecule has 2 unspecified atom stereocenters. The zero-order valence-electron chi connectivity index (χ0n) is 15.6. The summed E-state index contributed by atoms with van der Waals surface area (Å²) in [4.78, 5) is 18.0. The van der Waals surface area contributed by atoms with Crippen molar-refractivity contribution in [2.45, 2.75) is 37.5 Å². The number of aromatic nitrogens is 1. The zero-order chi connectivity index (χ0) is 19.5. The van der Waals surface area contributed by atoms with Crippen LogP contribution in [0.5, 0.6) is 5.88 Å². The number of pyridine rings is 1. The van der Waals surface area contributed by atoms with Crippen LogP contribution in [0.4, 0.5) is 0 Å². The van der Waals surface area contributed by atoms with E-state index in [1.165, 1.54) is 24.8 Å². The molecule has 8 heteroatoms. The van der Waals surface area contributed by atoms with Crippen LogP contribution in [-0.4, -0.2) is 62.8 Å². The zero-order valence-corrected chi connectivity index (χ0v) is 16.4. The van der Waals surface area contributed by atoms with Crippen LogP contribution in [0.2, 0.25) is 0 Å². The number of primary amides is 1. The third kappa shape index (κ3) is 7.88. The Morgan fingerprint density at radius 2 is 2.19 bits per heavy atom. The van der Waals surface area contributed by atoms with Gasteiger partial charge in [-0.05, 0) is 48.7 Å². The maximum Gasteiger partial charge on any atom is 0.270 e. The quantitative estimate of drug-likeness (QED) is 0.427. The Kier molecular flexibility index (Phi) is 9.61. The maximum absolute atomic E-state index is 11.8. The predicted molar refractivity (Wildman–Crippen MR) is 106 cm³/mol. The van der Waals surface area contributed by atoms with Crippen LogP contribution in [-0.2, 0) is 22.5 Å². The first-order valence-corrected chi connectivity index (χ1v) is 10.7. The van der Waals surface area contributed by atoms with E-state index in [9.17, 15) is 9.35 Å². The number of hydrogen-bond donors (Lipinski definition) is 2. The number of nitrogens with zero attached hydrogens (tertiary/aromatic N) is 2. The maximum atomic E-state index is 11.8. The summed E-state index contributed by atoms with van der Waals surface area (Å²) in [5.41, 5.74) is 6.45. The Bertz CT molecular complexity index is 608. The molecule has 0 bridgehead atoms. The highest BCUT2D eigenvalue weighted by molar-refractivity contribution is 7.92. The number of allylic oxidation sites excluding steroid dienone is 1. The lowest BCUT2D eigenvalue weighted by atomic mass is 10.1. The number of ether oxygens (including phenoxy) is 1. The van der Waals surface area contributed by atoms with E-state index in [1.807, 2.05) is 12.1 Å². The number of aliphatic hydroxyl groups is 1. The minimum absolute atomic E-state index is 0.0473. The van der Waals surface area contributed by atoms with Gasteiger partial charge in [-0.25, -0.2) is 4.98 Å². The molecule has 0 saturated carbocycles. The Morgan fingerprint density at radius 1 is 1.41 bits per heavy atom. The predicted octanol–water partition coefficient (Wildman–Crippen LogP) is 0.987. The summed E-state index contributed by atoms with van der Waals surface area (Å²) in [5, 5.41) is 8.04. The van der Waals surface area contributed by atoms with Crippen molar-refractivity contribution in [3.63, 3.8) is 0 Å². The van der Waals surface area contributed by atoms with Gasteiger partial charge in [-0.15, -0.1) is 0 Å². The Hall–Kier alpha value is -1.61. The summed E-state index contributed by atoms with van der Waals surface area (Å²) < 4.78 is 17.5. The van der Waals surface area contributed by atoms with Gasteiger partial charge in [0.25, 0.3) is 5.91 Å². The average molecular weight is 396 g/mol. The summed E-state index contributed by atoms with van der Waals surface area (Å²) in [6.07, 6.45) is 9.32. The van der Waals surface area contributed by atoms with E-state index in [0.29, 0.717) is 12.5 Å². The van der Waals surface area contributed by atoms with Crippen LogP contribution >= 0.6 is 0 Å². The van der Waals surface area contributed by atoms with Gasteiger partial charge >= 0.3 is 0 Å². The smallest absolute Gasteiger partial charge is 0.270 e. The largest absolute Gasteiger partial charge is 0.616 e. The highest BCUT2D eigenvalue weighted by Crippen LogP contribution is 2.15. The molecular weight excluding hydrogens is 366 g/mol.